The summed E-state index contributed by atoms with van der Waals surface area (Å²) >= 11 is 0. The maximum absolute atomic E-state index is 12.5. The van der Waals surface area contributed by atoms with Crippen molar-refractivity contribution in [3.05, 3.63) is 23.8 Å². The van der Waals surface area contributed by atoms with Gasteiger partial charge in [0.05, 0.1) is 13.2 Å². The summed E-state index contributed by atoms with van der Waals surface area (Å²) in [5, 5.41) is 0. The quantitative estimate of drug-likeness (QED) is 0.221. The monoisotopic (exact) mass is 527 g/mol. The Labute approximate surface area is 216 Å². The Morgan fingerprint density at radius 1 is 0.784 bits per heavy atom. The Balaban J connectivity index is 2.81. The molecule has 37 heavy (non-hydrogen) atoms. The van der Waals surface area contributed by atoms with Crippen LogP contribution in [0.25, 0.3) is 0 Å². The SMILES string of the molecule is CCCC(C)OC(=O)O[C@@H](C)[C@H](C)OC(=O)[C@@H](N)Cc1ccc(OC(=O)OCC)c(OC(=O)OCC)c1. The van der Waals surface area contributed by atoms with Crippen molar-refractivity contribution >= 4 is 24.4 Å². The first-order chi connectivity index (χ1) is 17.5. The van der Waals surface area contributed by atoms with Gasteiger partial charge in [-0.25, -0.2) is 14.4 Å². The molecule has 0 bridgehead atoms. The number of rotatable bonds is 13. The summed E-state index contributed by atoms with van der Waals surface area (Å²) in [4.78, 5) is 47.9. The fourth-order valence-electron chi connectivity index (χ4n) is 2.93. The van der Waals surface area contributed by atoms with E-state index in [9.17, 15) is 19.2 Å². The van der Waals surface area contributed by atoms with E-state index >= 15 is 0 Å². The normalized spacial score (nSPS) is 13.8. The third-order valence-corrected chi connectivity index (χ3v) is 4.92. The van der Waals surface area contributed by atoms with Crippen LogP contribution in [0.2, 0.25) is 0 Å². The Kier molecular flexibility index (Phi) is 13.8. The number of hydrogen-bond acceptors (Lipinski definition) is 12. The Morgan fingerprint density at radius 3 is 1.92 bits per heavy atom. The van der Waals surface area contributed by atoms with Crippen LogP contribution in [0.5, 0.6) is 11.5 Å². The first-order valence-corrected chi connectivity index (χ1v) is 12.2. The minimum absolute atomic E-state index is 0.00373. The number of ether oxygens (including phenoxy) is 7. The lowest BCUT2D eigenvalue weighted by Gasteiger charge is -2.23. The summed E-state index contributed by atoms with van der Waals surface area (Å²) in [6.07, 6.45) is -3.16. The van der Waals surface area contributed by atoms with Gasteiger partial charge in [-0.15, -0.1) is 0 Å². The zero-order valence-electron chi connectivity index (χ0n) is 22.1. The molecule has 0 spiro atoms. The molecule has 0 fully saturated rings. The standard InChI is InChI=1S/C25H37NO11/c1-7-10-15(4)33-25(30)35-17(6)16(5)34-22(27)19(26)13-18-11-12-20(36-23(28)31-8-2)21(14-18)37-24(29)32-9-3/h11-12,14-17,19H,7-10,13,26H2,1-6H3/t15?,16-,17-,19-/m0/s1. The first kappa shape index (κ1) is 31.5. The van der Waals surface area contributed by atoms with Crippen LogP contribution in [0.3, 0.4) is 0 Å². The van der Waals surface area contributed by atoms with E-state index in [0.29, 0.717) is 12.0 Å². The largest absolute Gasteiger partial charge is 0.513 e. The third kappa shape index (κ3) is 11.8. The van der Waals surface area contributed by atoms with Crippen molar-refractivity contribution in [2.24, 2.45) is 5.73 Å². The maximum Gasteiger partial charge on any atom is 0.513 e. The van der Waals surface area contributed by atoms with E-state index in [1.807, 2.05) is 6.92 Å². The van der Waals surface area contributed by atoms with Crippen LogP contribution in [0, 0.1) is 0 Å². The molecule has 0 radical (unpaired) electrons. The van der Waals surface area contributed by atoms with Crippen LogP contribution in [-0.4, -0.2) is 62.0 Å². The molecule has 1 aromatic carbocycles. The average Bonchev–Trinajstić information content (AvgIpc) is 2.80. The van der Waals surface area contributed by atoms with Gasteiger partial charge in [0.25, 0.3) is 0 Å². The summed E-state index contributed by atoms with van der Waals surface area (Å²) in [6, 6.07) is 3.17. The fraction of sp³-hybridized carbons (Fsp3) is 0.600. The molecule has 0 aliphatic carbocycles. The highest BCUT2D eigenvalue weighted by Crippen LogP contribution is 2.30. The van der Waals surface area contributed by atoms with Crippen LogP contribution in [0.4, 0.5) is 14.4 Å². The molecule has 2 N–H and O–H groups in total. The summed E-state index contributed by atoms with van der Waals surface area (Å²) < 4.78 is 35.3. The molecule has 0 saturated heterocycles. The fourth-order valence-corrected chi connectivity index (χ4v) is 2.93. The van der Waals surface area contributed by atoms with Crippen LogP contribution >= 0.6 is 0 Å². The van der Waals surface area contributed by atoms with Gasteiger partial charge in [0.1, 0.15) is 24.4 Å². The van der Waals surface area contributed by atoms with E-state index in [1.54, 1.807) is 34.6 Å². The predicted octanol–water partition coefficient (Wildman–Crippen LogP) is 4.29. The molecule has 0 aliphatic heterocycles. The molecule has 0 aliphatic rings. The maximum atomic E-state index is 12.5. The van der Waals surface area contributed by atoms with Crippen LogP contribution in [-0.2, 0) is 34.9 Å². The molecule has 4 atom stereocenters. The number of benzene rings is 1. The van der Waals surface area contributed by atoms with Gasteiger partial charge in [0.15, 0.2) is 11.5 Å². The van der Waals surface area contributed by atoms with Crippen molar-refractivity contribution in [1.82, 2.24) is 0 Å². The Hall–Kier alpha value is -3.54. The molecule has 0 aromatic heterocycles. The van der Waals surface area contributed by atoms with Gasteiger partial charge < -0.3 is 38.9 Å². The molecule has 1 rings (SSSR count). The molecule has 0 amide bonds. The highest BCUT2D eigenvalue weighted by molar-refractivity contribution is 5.76. The second-order valence-corrected chi connectivity index (χ2v) is 8.09. The summed E-state index contributed by atoms with van der Waals surface area (Å²) in [7, 11) is 0. The van der Waals surface area contributed by atoms with Gasteiger partial charge in [-0.1, -0.05) is 19.4 Å². The lowest BCUT2D eigenvalue weighted by molar-refractivity contribution is -0.155. The molecule has 0 saturated carbocycles. The molecule has 0 heterocycles. The van der Waals surface area contributed by atoms with E-state index in [0.717, 1.165) is 6.42 Å². The summed E-state index contributed by atoms with van der Waals surface area (Å²) in [5.41, 5.74) is 6.49. The van der Waals surface area contributed by atoms with Crippen LogP contribution in [0.1, 0.15) is 59.9 Å². The van der Waals surface area contributed by atoms with Crippen LogP contribution in [0.15, 0.2) is 18.2 Å². The van der Waals surface area contributed by atoms with Crippen molar-refractivity contribution in [3.63, 3.8) is 0 Å². The first-order valence-electron chi connectivity index (χ1n) is 12.2. The van der Waals surface area contributed by atoms with Crippen molar-refractivity contribution < 1.29 is 52.3 Å². The highest BCUT2D eigenvalue weighted by atomic mass is 16.7. The number of hydrogen-bond donors (Lipinski definition) is 1. The number of carbonyl (C=O) groups excluding carboxylic acids is 4. The van der Waals surface area contributed by atoms with Crippen molar-refractivity contribution in [1.29, 1.82) is 0 Å². The van der Waals surface area contributed by atoms with Gasteiger partial charge in [0.2, 0.25) is 0 Å². The lowest BCUT2D eigenvalue weighted by atomic mass is 10.1. The zero-order chi connectivity index (χ0) is 28.0. The minimum Gasteiger partial charge on any atom is -0.458 e. The molecule has 208 valence electrons. The zero-order valence-corrected chi connectivity index (χ0v) is 22.1. The topological polar surface area (TPSA) is 159 Å². The lowest BCUT2D eigenvalue weighted by Crippen LogP contribution is -2.39. The number of esters is 1. The molecular weight excluding hydrogens is 490 g/mol. The molecule has 1 aromatic rings. The van der Waals surface area contributed by atoms with E-state index in [-0.39, 0.29) is 37.2 Å². The highest BCUT2D eigenvalue weighted by Gasteiger charge is 2.26. The Morgan fingerprint density at radius 2 is 1.35 bits per heavy atom. The Bertz CT molecular complexity index is 905. The second kappa shape index (κ2) is 16.3. The van der Waals surface area contributed by atoms with Crippen molar-refractivity contribution in [2.45, 2.75) is 85.2 Å². The van der Waals surface area contributed by atoms with E-state index < -0.39 is 42.7 Å². The van der Waals surface area contributed by atoms with E-state index in [2.05, 4.69) is 0 Å². The van der Waals surface area contributed by atoms with Gasteiger partial charge in [-0.05, 0) is 65.2 Å². The average molecular weight is 528 g/mol. The van der Waals surface area contributed by atoms with Crippen LogP contribution < -0.4 is 15.2 Å². The smallest absolute Gasteiger partial charge is 0.458 e. The van der Waals surface area contributed by atoms with Gasteiger partial charge in [0, 0.05) is 0 Å². The van der Waals surface area contributed by atoms with Crippen molar-refractivity contribution in [3.8, 4) is 11.5 Å². The summed E-state index contributed by atoms with van der Waals surface area (Å²) in [6.45, 7) is 10.2. The number of nitrogens with two attached hydrogens (primary N) is 1. The molecule has 12 heteroatoms. The van der Waals surface area contributed by atoms with Gasteiger partial charge in [-0.3, -0.25) is 4.79 Å². The third-order valence-electron chi connectivity index (χ3n) is 4.92. The van der Waals surface area contributed by atoms with Gasteiger partial charge >= 0.3 is 24.4 Å². The second-order valence-electron chi connectivity index (χ2n) is 8.09. The van der Waals surface area contributed by atoms with E-state index in [4.69, 9.17) is 38.9 Å². The molecule has 12 nitrogen and oxygen atoms in total. The summed E-state index contributed by atoms with van der Waals surface area (Å²) in [5.74, 6) is -0.961. The molecule has 1 unspecified atom stereocenters. The minimum atomic E-state index is -1.10. The van der Waals surface area contributed by atoms with Gasteiger partial charge in [-0.2, -0.15) is 0 Å². The number of carbonyl (C=O) groups is 4. The predicted molar refractivity (Wildman–Crippen MR) is 130 cm³/mol. The molecular formula is C25H37NO11. The van der Waals surface area contributed by atoms with Crippen molar-refractivity contribution in [2.75, 3.05) is 13.2 Å². The van der Waals surface area contributed by atoms with E-state index in [1.165, 1.54) is 18.2 Å².